The Kier molecular flexibility index (Phi) is 5.19. The first-order valence-electron chi connectivity index (χ1n) is 13.8. The Morgan fingerprint density at radius 1 is 0.875 bits per heavy atom. The second-order valence-corrected chi connectivity index (χ2v) is 14.6. The molecule has 0 heterocycles. The monoisotopic (exact) mass is 442 g/mol. The van der Waals surface area contributed by atoms with Gasteiger partial charge in [0.1, 0.15) is 0 Å². The highest BCUT2D eigenvalue weighted by Gasteiger charge is 2.68. The molecule has 0 amide bonds. The predicted molar refractivity (Wildman–Crippen MR) is 132 cm³/mol. The fourth-order valence-corrected chi connectivity index (χ4v) is 11.0. The smallest absolute Gasteiger partial charge is 0.0594 e. The van der Waals surface area contributed by atoms with E-state index in [2.05, 4.69) is 54.5 Å². The SMILES string of the molecule is C[C@H]1[C@H](CO)CC[C@]2(C)CC[C@]3(C)C(=CC[C@@H]4[C@@]5(C)CC[C@H](O)C(C)(C)[C@@H]5CC[C@]43C)[C@H]12. The molecule has 2 N–H and O–H groups in total. The minimum Gasteiger partial charge on any atom is -0.396 e. The summed E-state index contributed by atoms with van der Waals surface area (Å²) in [7, 11) is 0. The lowest BCUT2D eigenvalue weighted by Gasteiger charge is -2.71. The minimum absolute atomic E-state index is 0.0244. The van der Waals surface area contributed by atoms with Crippen LogP contribution < -0.4 is 0 Å². The number of aliphatic hydroxyl groups excluding tert-OH is 2. The van der Waals surface area contributed by atoms with Crippen LogP contribution in [0.1, 0.15) is 106 Å². The van der Waals surface area contributed by atoms with Crippen LogP contribution in [0.25, 0.3) is 0 Å². The fourth-order valence-electron chi connectivity index (χ4n) is 11.0. The molecule has 5 rings (SSSR count). The van der Waals surface area contributed by atoms with E-state index < -0.39 is 0 Å². The summed E-state index contributed by atoms with van der Waals surface area (Å²) in [6, 6.07) is 0. The van der Waals surface area contributed by atoms with Gasteiger partial charge in [-0.05, 0) is 114 Å². The first-order chi connectivity index (χ1) is 14.8. The summed E-state index contributed by atoms with van der Waals surface area (Å²) in [5.41, 5.74) is 3.17. The van der Waals surface area contributed by atoms with Gasteiger partial charge >= 0.3 is 0 Å². The molecule has 5 aliphatic carbocycles. The lowest BCUT2D eigenvalue weighted by Crippen LogP contribution is -2.64. The molecule has 0 aliphatic heterocycles. The molecular weight excluding hydrogens is 392 g/mol. The van der Waals surface area contributed by atoms with E-state index in [0.717, 1.165) is 6.42 Å². The van der Waals surface area contributed by atoms with Crippen molar-refractivity contribution in [1.82, 2.24) is 0 Å². The van der Waals surface area contributed by atoms with Crippen molar-refractivity contribution in [3.8, 4) is 0 Å². The summed E-state index contributed by atoms with van der Waals surface area (Å²) in [6.07, 6.45) is 13.7. The molecule has 0 saturated heterocycles. The van der Waals surface area contributed by atoms with E-state index in [-0.39, 0.29) is 16.9 Å². The number of aliphatic hydroxyl groups is 2. The molecule has 0 aromatic carbocycles. The van der Waals surface area contributed by atoms with Gasteiger partial charge in [-0.3, -0.25) is 0 Å². The van der Waals surface area contributed by atoms with Crippen molar-refractivity contribution < 1.29 is 10.2 Å². The molecule has 4 saturated carbocycles. The number of hydrogen-bond acceptors (Lipinski definition) is 2. The summed E-state index contributed by atoms with van der Waals surface area (Å²) in [5, 5.41) is 21.0. The largest absolute Gasteiger partial charge is 0.396 e. The van der Waals surface area contributed by atoms with Gasteiger partial charge in [-0.25, -0.2) is 0 Å². The molecule has 0 aromatic rings. The number of allylic oxidation sites excluding steroid dienone is 2. The van der Waals surface area contributed by atoms with E-state index in [1.54, 1.807) is 5.57 Å². The number of rotatable bonds is 1. The van der Waals surface area contributed by atoms with E-state index in [1.807, 2.05) is 0 Å². The van der Waals surface area contributed by atoms with Gasteiger partial charge in [0.05, 0.1) is 6.10 Å². The molecule has 0 radical (unpaired) electrons. The van der Waals surface area contributed by atoms with E-state index >= 15 is 0 Å². The Balaban J connectivity index is 1.58. The first-order valence-corrected chi connectivity index (χ1v) is 13.8. The zero-order valence-corrected chi connectivity index (χ0v) is 22.0. The Morgan fingerprint density at radius 2 is 1.59 bits per heavy atom. The maximum Gasteiger partial charge on any atom is 0.0594 e. The minimum atomic E-state index is -0.149. The molecule has 0 spiro atoms. The van der Waals surface area contributed by atoms with Crippen LogP contribution in [-0.2, 0) is 0 Å². The summed E-state index contributed by atoms with van der Waals surface area (Å²) in [4.78, 5) is 0. The quantitative estimate of drug-likeness (QED) is 0.429. The Bertz CT molecular complexity index is 799. The summed E-state index contributed by atoms with van der Waals surface area (Å²) >= 11 is 0. The first kappa shape index (κ1) is 23.4. The lowest BCUT2D eigenvalue weighted by molar-refractivity contribution is -0.204. The highest BCUT2D eigenvalue weighted by atomic mass is 16.3. The van der Waals surface area contributed by atoms with Crippen molar-refractivity contribution >= 4 is 0 Å². The van der Waals surface area contributed by atoms with Crippen molar-refractivity contribution in [3.05, 3.63) is 11.6 Å². The molecule has 5 aliphatic rings. The fraction of sp³-hybridized carbons (Fsp3) is 0.933. The lowest BCUT2D eigenvalue weighted by atomic mass is 9.33. The van der Waals surface area contributed by atoms with Gasteiger partial charge in [-0.1, -0.05) is 60.1 Å². The zero-order valence-electron chi connectivity index (χ0n) is 22.0. The third kappa shape index (κ3) is 2.72. The van der Waals surface area contributed by atoms with Crippen LogP contribution in [0.3, 0.4) is 0 Å². The van der Waals surface area contributed by atoms with Crippen LogP contribution >= 0.6 is 0 Å². The van der Waals surface area contributed by atoms with Crippen LogP contribution in [-0.4, -0.2) is 22.9 Å². The zero-order chi connectivity index (χ0) is 23.3. The maximum atomic E-state index is 10.9. The molecule has 2 nitrogen and oxygen atoms in total. The highest BCUT2D eigenvalue weighted by Crippen LogP contribution is 2.75. The molecular formula is C30H50O2. The van der Waals surface area contributed by atoms with Crippen molar-refractivity contribution in [2.45, 2.75) is 112 Å². The van der Waals surface area contributed by atoms with Crippen molar-refractivity contribution in [2.75, 3.05) is 6.61 Å². The van der Waals surface area contributed by atoms with E-state index in [0.29, 0.717) is 52.4 Å². The summed E-state index contributed by atoms with van der Waals surface area (Å²) in [6.45, 7) is 18.0. The molecule has 32 heavy (non-hydrogen) atoms. The average molecular weight is 443 g/mol. The third-order valence-corrected chi connectivity index (χ3v) is 13.4. The Morgan fingerprint density at radius 3 is 2.28 bits per heavy atom. The predicted octanol–water partition coefficient (Wildman–Crippen LogP) is 7.00. The van der Waals surface area contributed by atoms with Crippen molar-refractivity contribution in [2.24, 2.45) is 56.7 Å². The van der Waals surface area contributed by atoms with Gasteiger partial charge < -0.3 is 10.2 Å². The van der Waals surface area contributed by atoms with Gasteiger partial charge in [-0.15, -0.1) is 0 Å². The third-order valence-electron chi connectivity index (χ3n) is 13.4. The molecule has 0 unspecified atom stereocenters. The number of fused-ring (bicyclic) bond motifs is 7. The van der Waals surface area contributed by atoms with Gasteiger partial charge in [0.25, 0.3) is 0 Å². The second-order valence-electron chi connectivity index (χ2n) is 14.6. The van der Waals surface area contributed by atoms with E-state index in [9.17, 15) is 10.2 Å². The van der Waals surface area contributed by atoms with Gasteiger partial charge in [0.15, 0.2) is 0 Å². The Hall–Kier alpha value is -0.340. The van der Waals surface area contributed by atoms with E-state index in [1.165, 1.54) is 51.4 Å². The number of hydrogen-bond donors (Lipinski definition) is 2. The summed E-state index contributed by atoms with van der Waals surface area (Å²) < 4.78 is 0. The van der Waals surface area contributed by atoms with Crippen LogP contribution in [0.4, 0.5) is 0 Å². The van der Waals surface area contributed by atoms with Crippen LogP contribution in [0.2, 0.25) is 0 Å². The van der Waals surface area contributed by atoms with Gasteiger partial charge in [-0.2, -0.15) is 0 Å². The Labute approximate surface area is 197 Å². The molecule has 4 fully saturated rings. The molecule has 10 atom stereocenters. The van der Waals surface area contributed by atoms with Crippen LogP contribution in [0.5, 0.6) is 0 Å². The molecule has 0 bridgehead atoms. The van der Waals surface area contributed by atoms with E-state index in [4.69, 9.17) is 0 Å². The average Bonchev–Trinajstić information content (AvgIpc) is 2.72. The van der Waals surface area contributed by atoms with Crippen LogP contribution in [0.15, 0.2) is 11.6 Å². The second kappa shape index (κ2) is 7.09. The molecule has 182 valence electrons. The van der Waals surface area contributed by atoms with Crippen molar-refractivity contribution in [1.29, 1.82) is 0 Å². The van der Waals surface area contributed by atoms with Crippen LogP contribution in [0, 0.1) is 56.7 Å². The standard InChI is InChI=1S/C30H50O2/c1-19-20(18-31)10-13-27(4)16-17-29(6)21(25(19)27)8-9-23-28(5)14-12-24(32)26(2,3)22(28)11-15-30(23,29)7/h8,19-20,22-25,31-32H,9-18H2,1-7H3/t19-,20-,22-,23+,24-,25-,27+,28-,29+,30+/m0/s1. The topological polar surface area (TPSA) is 40.5 Å². The van der Waals surface area contributed by atoms with Crippen molar-refractivity contribution in [3.63, 3.8) is 0 Å². The van der Waals surface area contributed by atoms with Gasteiger partial charge in [0, 0.05) is 6.61 Å². The molecule has 2 heteroatoms. The maximum absolute atomic E-state index is 10.9. The normalized spacial score (nSPS) is 56.8. The van der Waals surface area contributed by atoms with Gasteiger partial charge in [0.2, 0.25) is 0 Å². The highest BCUT2D eigenvalue weighted by molar-refractivity contribution is 5.33. The molecule has 0 aromatic heterocycles. The summed E-state index contributed by atoms with van der Waals surface area (Å²) in [5.74, 6) is 3.03.